The van der Waals surface area contributed by atoms with Crippen LogP contribution in [0, 0.1) is 0 Å². The highest BCUT2D eigenvalue weighted by atomic mass is 16.5. The van der Waals surface area contributed by atoms with Gasteiger partial charge in [0.05, 0.1) is 7.11 Å². The fourth-order valence-corrected chi connectivity index (χ4v) is 2.98. The molecule has 1 amide bonds. The highest BCUT2D eigenvalue weighted by Gasteiger charge is 2.24. The first kappa shape index (κ1) is 17.8. The van der Waals surface area contributed by atoms with Crippen molar-refractivity contribution in [3.8, 4) is 5.75 Å². The number of nitrogens with zero attached hydrogens (tertiary/aromatic N) is 2. The summed E-state index contributed by atoms with van der Waals surface area (Å²) in [4.78, 5) is 16.6. The molecule has 1 aliphatic rings. The predicted octanol–water partition coefficient (Wildman–Crippen LogP) is 2.03. The summed E-state index contributed by atoms with van der Waals surface area (Å²) >= 11 is 0. The first-order valence-corrected chi connectivity index (χ1v) is 8.42. The molecular formula is C18H29N3O2. The number of benzene rings is 1. The third kappa shape index (κ3) is 4.94. The normalized spacial score (nSPS) is 18.5. The first-order chi connectivity index (χ1) is 11.0. The molecular weight excluding hydrogens is 290 g/mol. The third-order valence-corrected chi connectivity index (χ3v) is 4.60. The number of methoxy groups -OCH3 is 1. The maximum Gasteiger partial charge on any atom is 0.222 e. The van der Waals surface area contributed by atoms with Gasteiger partial charge < -0.3 is 15.4 Å². The lowest BCUT2D eigenvalue weighted by atomic mass is 10.1. The molecule has 0 spiro atoms. The van der Waals surface area contributed by atoms with Crippen molar-refractivity contribution in [3.63, 3.8) is 0 Å². The SMILES string of the molecule is COc1cccc(C(C)N2CCN(C(=O)CCC(C)N)CC2)c1. The number of amides is 1. The zero-order valence-electron chi connectivity index (χ0n) is 14.5. The second kappa shape index (κ2) is 8.31. The van der Waals surface area contributed by atoms with E-state index < -0.39 is 0 Å². The Labute approximate surface area is 139 Å². The summed E-state index contributed by atoms with van der Waals surface area (Å²) < 4.78 is 5.31. The van der Waals surface area contributed by atoms with E-state index in [0.717, 1.165) is 38.3 Å². The number of carbonyl (C=O) groups is 1. The molecule has 5 nitrogen and oxygen atoms in total. The minimum Gasteiger partial charge on any atom is -0.497 e. The van der Waals surface area contributed by atoms with Gasteiger partial charge in [-0.2, -0.15) is 0 Å². The summed E-state index contributed by atoms with van der Waals surface area (Å²) in [6, 6.07) is 8.63. The summed E-state index contributed by atoms with van der Waals surface area (Å²) in [5, 5.41) is 0. The van der Waals surface area contributed by atoms with Crippen molar-refractivity contribution in [2.75, 3.05) is 33.3 Å². The monoisotopic (exact) mass is 319 g/mol. The van der Waals surface area contributed by atoms with Gasteiger partial charge in [0.1, 0.15) is 5.75 Å². The molecule has 0 radical (unpaired) electrons. The Balaban J connectivity index is 1.87. The van der Waals surface area contributed by atoms with Crippen LogP contribution in [-0.2, 0) is 4.79 Å². The Hall–Kier alpha value is -1.59. The summed E-state index contributed by atoms with van der Waals surface area (Å²) in [6.45, 7) is 7.56. The van der Waals surface area contributed by atoms with E-state index in [1.165, 1.54) is 5.56 Å². The highest BCUT2D eigenvalue weighted by Crippen LogP contribution is 2.25. The number of nitrogens with two attached hydrogens (primary N) is 1. The zero-order chi connectivity index (χ0) is 16.8. The van der Waals surface area contributed by atoms with Crippen LogP contribution in [0.15, 0.2) is 24.3 Å². The number of carbonyl (C=O) groups excluding carboxylic acids is 1. The zero-order valence-corrected chi connectivity index (χ0v) is 14.5. The fraction of sp³-hybridized carbons (Fsp3) is 0.611. The molecule has 0 aliphatic carbocycles. The van der Waals surface area contributed by atoms with Gasteiger partial charge in [0.15, 0.2) is 0 Å². The van der Waals surface area contributed by atoms with Crippen LogP contribution in [0.4, 0.5) is 0 Å². The van der Waals surface area contributed by atoms with Gasteiger partial charge in [-0.3, -0.25) is 9.69 Å². The molecule has 1 heterocycles. The Morgan fingerprint density at radius 3 is 2.57 bits per heavy atom. The molecule has 128 valence electrons. The van der Waals surface area contributed by atoms with Crippen molar-refractivity contribution in [1.29, 1.82) is 0 Å². The second-order valence-electron chi connectivity index (χ2n) is 6.39. The standard InChI is InChI=1S/C18H29N3O2/c1-14(19)7-8-18(22)21-11-9-20(10-12-21)15(2)16-5-4-6-17(13-16)23-3/h4-6,13-15H,7-12,19H2,1-3H3. The van der Waals surface area contributed by atoms with E-state index in [2.05, 4.69) is 24.0 Å². The molecule has 5 heteroatoms. The predicted molar refractivity (Wildman–Crippen MR) is 92.4 cm³/mol. The van der Waals surface area contributed by atoms with Crippen molar-refractivity contribution >= 4 is 5.91 Å². The maximum atomic E-state index is 12.2. The van der Waals surface area contributed by atoms with Crippen LogP contribution in [0.25, 0.3) is 0 Å². The van der Waals surface area contributed by atoms with Gasteiger partial charge in [-0.15, -0.1) is 0 Å². The molecule has 2 N–H and O–H groups in total. The highest BCUT2D eigenvalue weighted by molar-refractivity contribution is 5.76. The molecule has 23 heavy (non-hydrogen) atoms. The van der Waals surface area contributed by atoms with E-state index in [1.54, 1.807) is 7.11 Å². The van der Waals surface area contributed by atoms with E-state index >= 15 is 0 Å². The largest absolute Gasteiger partial charge is 0.497 e. The van der Waals surface area contributed by atoms with Gasteiger partial charge >= 0.3 is 0 Å². The molecule has 2 unspecified atom stereocenters. The van der Waals surface area contributed by atoms with Gasteiger partial charge in [0.25, 0.3) is 0 Å². The van der Waals surface area contributed by atoms with Crippen LogP contribution in [0.2, 0.25) is 0 Å². The molecule has 0 saturated carbocycles. The fourth-order valence-electron chi connectivity index (χ4n) is 2.98. The Bertz CT molecular complexity index is 511. The Morgan fingerprint density at radius 1 is 1.26 bits per heavy atom. The topological polar surface area (TPSA) is 58.8 Å². The van der Waals surface area contributed by atoms with Crippen LogP contribution in [0.1, 0.15) is 38.3 Å². The summed E-state index contributed by atoms with van der Waals surface area (Å²) in [7, 11) is 1.69. The number of ether oxygens (including phenoxy) is 1. The van der Waals surface area contributed by atoms with E-state index in [-0.39, 0.29) is 11.9 Å². The lowest BCUT2D eigenvalue weighted by molar-refractivity contribution is -0.133. The Kier molecular flexibility index (Phi) is 6.42. The maximum absolute atomic E-state index is 12.2. The smallest absolute Gasteiger partial charge is 0.222 e. The first-order valence-electron chi connectivity index (χ1n) is 8.42. The van der Waals surface area contributed by atoms with Gasteiger partial charge in [-0.1, -0.05) is 12.1 Å². The number of piperazine rings is 1. The number of rotatable bonds is 6. The van der Waals surface area contributed by atoms with Gasteiger partial charge in [-0.05, 0) is 38.0 Å². The van der Waals surface area contributed by atoms with Gasteiger partial charge in [0.2, 0.25) is 5.91 Å². The van der Waals surface area contributed by atoms with Crippen molar-refractivity contribution < 1.29 is 9.53 Å². The van der Waals surface area contributed by atoms with E-state index in [1.807, 2.05) is 24.0 Å². The van der Waals surface area contributed by atoms with Crippen LogP contribution in [-0.4, -0.2) is 55.0 Å². The molecule has 1 aromatic rings. The third-order valence-electron chi connectivity index (χ3n) is 4.60. The minimum atomic E-state index is 0.0910. The van der Waals surface area contributed by atoms with Crippen LogP contribution < -0.4 is 10.5 Å². The van der Waals surface area contributed by atoms with Crippen molar-refractivity contribution in [1.82, 2.24) is 9.80 Å². The second-order valence-corrected chi connectivity index (χ2v) is 6.39. The molecule has 1 saturated heterocycles. The van der Waals surface area contributed by atoms with Gasteiger partial charge in [0, 0.05) is 44.7 Å². The molecule has 1 aromatic carbocycles. The summed E-state index contributed by atoms with van der Waals surface area (Å²) in [5.74, 6) is 1.12. The molecule has 0 bridgehead atoms. The molecule has 2 rings (SSSR count). The number of hydrogen-bond donors (Lipinski definition) is 1. The lowest BCUT2D eigenvalue weighted by Gasteiger charge is -2.38. The molecule has 1 fully saturated rings. The van der Waals surface area contributed by atoms with Crippen LogP contribution >= 0.6 is 0 Å². The van der Waals surface area contributed by atoms with E-state index in [4.69, 9.17) is 10.5 Å². The molecule has 1 aliphatic heterocycles. The number of hydrogen-bond acceptors (Lipinski definition) is 4. The summed E-state index contributed by atoms with van der Waals surface area (Å²) in [6.07, 6.45) is 1.32. The van der Waals surface area contributed by atoms with E-state index in [0.29, 0.717) is 12.5 Å². The quantitative estimate of drug-likeness (QED) is 0.871. The van der Waals surface area contributed by atoms with Crippen molar-refractivity contribution in [2.24, 2.45) is 5.73 Å². The average molecular weight is 319 g/mol. The summed E-state index contributed by atoms with van der Waals surface area (Å²) in [5.41, 5.74) is 6.98. The minimum absolute atomic E-state index is 0.0910. The lowest BCUT2D eigenvalue weighted by Crippen LogP contribution is -2.49. The van der Waals surface area contributed by atoms with Crippen molar-refractivity contribution in [2.45, 2.75) is 38.8 Å². The molecule has 0 aromatic heterocycles. The van der Waals surface area contributed by atoms with E-state index in [9.17, 15) is 4.79 Å². The Morgan fingerprint density at radius 2 is 1.96 bits per heavy atom. The van der Waals surface area contributed by atoms with Gasteiger partial charge in [-0.25, -0.2) is 0 Å². The average Bonchev–Trinajstić information content (AvgIpc) is 2.59. The van der Waals surface area contributed by atoms with Crippen LogP contribution in [0.5, 0.6) is 5.75 Å². The molecule has 2 atom stereocenters. The van der Waals surface area contributed by atoms with Crippen molar-refractivity contribution in [3.05, 3.63) is 29.8 Å². The van der Waals surface area contributed by atoms with Crippen LogP contribution in [0.3, 0.4) is 0 Å².